The van der Waals surface area contributed by atoms with Crippen molar-refractivity contribution in [3.8, 4) is 5.75 Å². The van der Waals surface area contributed by atoms with Crippen LogP contribution in [0.2, 0.25) is 0 Å². The molecule has 0 radical (unpaired) electrons. The molecule has 1 aliphatic rings. The third-order valence-corrected chi connectivity index (χ3v) is 7.26. The molecule has 0 spiro atoms. The Bertz CT molecular complexity index is 1700. The van der Waals surface area contributed by atoms with Gasteiger partial charge in [-0.15, -0.1) is 0 Å². The van der Waals surface area contributed by atoms with E-state index in [1.54, 1.807) is 59.2 Å². The van der Waals surface area contributed by atoms with E-state index in [-0.39, 0.29) is 25.0 Å². The average Bonchev–Trinajstić information content (AvgIpc) is 3.26. The summed E-state index contributed by atoms with van der Waals surface area (Å²) in [4.78, 5) is 41.8. The molecule has 0 atom stereocenters. The van der Waals surface area contributed by atoms with Gasteiger partial charge in [-0.3, -0.25) is 19.4 Å². The molecule has 4 aromatic carbocycles. The summed E-state index contributed by atoms with van der Waals surface area (Å²) in [6.07, 6.45) is 1.74. The molecule has 44 heavy (non-hydrogen) atoms. The van der Waals surface area contributed by atoms with Gasteiger partial charge >= 0.3 is 5.97 Å². The number of carbonyl (C=O) groups is 3. The molecule has 0 unspecified atom stereocenters. The normalized spacial score (nSPS) is 13.7. The molecule has 0 aromatic heterocycles. The Kier molecular flexibility index (Phi) is 9.46. The predicted octanol–water partition coefficient (Wildman–Crippen LogP) is 6.36. The zero-order valence-corrected chi connectivity index (χ0v) is 25.2. The lowest BCUT2D eigenvalue weighted by atomic mass is 10.1. The lowest BCUT2D eigenvalue weighted by Crippen LogP contribution is -2.32. The fraction of sp³-hybridized carbons (Fsp3) is 0.143. The molecule has 1 aliphatic heterocycles. The maximum atomic E-state index is 13.9. The van der Waals surface area contributed by atoms with Gasteiger partial charge in [0.2, 0.25) is 0 Å². The van der Waals surface area contributed by atoms with E-state index in [1.807, 2.05) is 73.7 Å². The van der Waals surface area contributed by atoms with Crippen molar-refractivity contribution in [1.29, 1.82) is 0 Å². The van der Waals surface area contributed by atoms with Gasteiger partial charge in [0.05, 0.1) is 18.7 Å². The van der Waals surface area contributed by atoms with Crippen molar-refractivity contribution in [2.75, 3.05) is 23.4 Å². The molecule has 0 aliphatic carbocycles. The smallest absolute Gasteiger partial charge is 0.338 e. The van der Waals surface area contributed by atoms with Crippen LogP contribution in [-0.4, -0.2) is 41.0 Å². The number of hydrogen-bond donors (Lipinski definition) is 1. The Morgan fingerprint density at radius 3 is 2.27 bits per heavy atom. The number of benzene rings is 4. The van der Waals surface area contributed by atoms with Gasteiger partial charge in [-0.25, -0.2) is 4.79 Å². The van der Waals surface area contributed by atoms with Crippen LogP contribution >= 0.6 is 12.2 Å². The predicted molar refractivity (Wildman–Crippen MR) is 174 cm³/mol. The van der Waals surface area contributed by atoms with E-state index >= 15 is 0 Å². The Balaban J connectivity index is 1.36. The number of esters is 1. The lowest BCUT2D eigenvalue weighted by Gasteiger charge is -2.21. The maximum Gasteiger partial charge on any atom is 0.338 e. The minimum Gasteiger partial charge on any atom is -0.483 e. The number of nitrogens with one attached hydrogen (secondary N) is 1. The standard InChI is InChI=1S/C35H31N3O5S/c1-3-42-34(41)26-15-17-28(18-16-26)36-32(39)23-43-31-12-8-7-11-27(31)21-30-33(40)37(22-25-9-5-4-6-10-25)35(44)38(30)29-19-13-24(2)14-20-29/h4-21H,3,22-23H2,1-2H3,(H,36,39). The van der Waals surface area contributed by atoms with Crippen molar-refractivity contribution >= 4 is 52.6 Å². The molecule has 9 heteroatoms. The van der Waals surface area contributed by atoms with Crippen molar-refractivity contribution in [1.82, 2.24) is 4.90 Å². The van der Waals surface area contributed by atoms with Crippen molar-refractivity contribution in [3.05, 3.63) is 131 Å². The van der Waals surface area contributed by atoms with Crippen LogP contribution < -0.4 is 15.0 Å². The third-order valence-electron chi connectivity index (χ3n) is 6.85. The monoisotopic (exact) mass is 605 g/mol. The van der Waals surface area contributed by atoms with E-state index in [0.717, 1.165) is 16.8 Å². The molecule has 1 N–H and O–H groups in total. The van der Waals surface area contributed by atoms with Gasteiger partial charge in [0.25, 0.3) is 11.8 Å². The van der Waals surface area contributed by atoms with Gasteiger partial charge in [-0.2, -0.15) is 0 Å². The van der Waals surface area contributed by atoms with Gasteiger partial charge in [-0.05, 0) is 80.2 Å². The van der Waals surface area contributed by atoms with Crippen LogP contribution in [0.3, 0.4) is 0 Å². The van der Waals surface area contributed by atoms with Crippen LogP contribution in [0.15, 0.2) is 109 Å². The Morgan fingerprint density at radius 2 is 1.57 bits per heavy atom. The highest BCUT2D eigenvalue weighted by molar-refractivity contribution is 7.80. The topological polar surface area (TPSA) is 88.2 Å². The molecule has 1 fully saturated rings. The number of anilines is 2. The SMILES string of the molecule is CCOC(=O)c1ccc(NC(=O)COc2ccccc2C=C2C(=O)N(Cc3ccccc3)C(=S)N2c2ccc(C)cc2)cc1. The van der Waals surface area contributed by atoms with Crippen molar-refractivity contribution in [2.45, 2.75) is 20.4 Å². The number of carbonyl (C=O) groups excluding carboxylic acids is 3. The molecule has 4 aromatic rings. The summed E-state index contributed by atoms with van der Waals surface area (Å²) in [5.74, 6) is -0.620. The lowest BCUT2D eigenvalue weighted by molar-refractivity contribution is -0.122. The Hall–Kier alpha value is -5.28. The number of amides is 2. The van der Waals surface area contributed by atoms with E-state index in [4.69, 9.17) is 21.7 Å². The highest BCUT2D eigenvalue weighted by Crippen LogP contribution is 2.33. The summed E-state index contributed by atoms with van der Waals surface area (Å²) in [6, 6.07) is 31.1. The fourth-order valence-electron chi connectivity index (χ4n) is 4.64. The van der Waals surface area contributed by atoms with Crippen molar-refractivity contribution < 1.29 is 23.9 Å². The molecule has 0 bridgehead atoms. The molecule has 8 nitrogen and oxygen atoms in total. The molecule has 1 heterocycles. The van der Waals surface area contributed by atoms with Crippen molar-refractivity contribution in [3.63, 3.8) is 0 Å². The summed E-state index contributed by atoms with van der Waals surface area (Å²) < 4.78 is 10.9. The summed E-state index contributed by atoms with van der Waals surface area (Å²) in [5, 5.41) is 3.14. The first-order chi connectivity index (χ1) is 21.3. The third kappa shape index (κ3) is 7.02. The van der Waals surface area contributed by atoms with Gasteiger partial charge < -0.3 is 14.8 Å². The quantitative estimate of drug-likeness (QED) is 0.128. The number of aryl methyl sites for hydroxylation is 1. The van der Waals surface area contributed by atoms with Crippen LogP contribution in [-0.2, 0) is 20.9 Å². The number of para-hydroxylation sites is 1. The van der Waals surface area contributed by atoms with E-state index in [1.165, 1.54) is 0 Å². The fourth-order valence-corrected chi connectivity index (χ4v) is 4.99. The molecular formula is C35H31N3O5S. The number of ether oxygens (including phenoxy) is 2. The largest absolute Gasteiger partial charge is 0.483 e. The zero-order valence-electron chi connectivity index (χ0n) is 24.4. The zero-order chi connectivity index (χ0) is 31.1. The number of thiocarbonyl (C=S) groups is 1. The van der Waals surface area contributed by atoms with Crippen molar-refractivity contribution in [2.24, 2.45) is 0 Å². The first-order valence-corrected chi connectivity index (χ1v) is 14.5. The number of nitrogens with zero attached hydrogens (tertiary/aromatic N) is 2. The first-order valence-electron chi connectivity index (χ1n) is 14.1. The molecule has 1 saturated heterocycles. The summed E-state index contributed by atoms with van der Waals surface area (Å²) in [7, 11) is 0. The second-order valence-corrected chi connectivity index (χ2v) is 10.4. The van der Waals surface area contributed by atoms with Gasteiger partial charge in [0, 0.05) is 16.9 Å². The van der Waals surface area contributed by atoms with Crippen LogP contribution in [0.5, 0.6) is 5.75 Å². The summed E-state index contributed by atoms with van der Waals surface area (Å²) in [5.41, 5.74) is 4.70. The van der Waals surface area contributed by atoms with E-state index in [0.29, 0.717) is 39.9 Å². The number of hydrogen-bond acceptors (Lipinski definition) is 6. The van der Waals surface area contributed by atoms with E-state index < -0.39 is 5.97 Å². The van der Waals surface area contributed by atoms with Gasteiger partial charge in [0.1, 0.15) is 11.4 Å². The average molecular weight is 606 g/mol. The second kappa shape index (κ2) is 13.8. The highest BCUT2D eigenvalue weighted by atomic mass is 32.1. The summed E-state index contributed by atoms with van der Waals surface area (Å²) >= 11 is 5.84. The minimum absolute atomic E-state index is 0.238. The Morgan fingerprint density at radius 1 is 0.886 bits per heavy atom. The minimum atomic E-state index is -0.426. The molecule has 222 valence electrons. The Labute approximate surface area is 261 Å². The van der Waals surface area contributed by atoms with Gasteiger partial charge in [0.15, 0.2) is 11.7 Å². The van der Waals surface area contributed by atoms with Crippen LogP contribution in [0.1, 0.15) is 34.0 Å². The first kappa shape index (κ1) is 30.2. The second-order valence-electron chi connectivity index (χ2n) is 10.0. The molecule has 5 rings (SSSR count). The highest BCUT2D eigenvalue weighted by Gasteiger charge is 2.39. The van der Waals surface area contributed by atoms with Crippen LogP contribution in [0.25, 0.3) is 6.08 Å². The molecular weight excluding hydrogens is 574 g/mol. The van der Waals surface area contributed by atoms with E-state index in [9.17, 15) is 14.4 Å². The van der Waals surface area contributed by atoms with Crippen LogP contribution in [0, 0.1) is 6.92 Å². The molecule has 2 amide bonds. The van der Waals surface area contributed by atoms with Crippen LogP contribution in [0.4, 0.5) is 11.4 Å². The molecule has 0 saturated carbocycles. The number of rotatable bonds is 10. The maximum absolute atomic E-state index is 13.9. The summed E-state index contributed by atoms with van der Waals surface area (Å²) in [6.45, 7) is 4.08. The van der Waals surface area contributed by atoms with E-state index in [2.05, 4.69) is 5.32 Å². The van der Waals surface area contributed by atoms with Gasteiger partial charge in [-0.1, -0.05) is 66.2 Å².